The minimum absolute atomic E-state index is 0.0763. The Kier molecular flexibility index (Phi) is 6.71. The van der Waals surface area contributed by atoms with Gasteiger partial charge in [-0.2, -0.15) is 0 Å². The Labute approximate surface area is 169 Å². The molecular weight excluding hydrogens is 372 g/mol. The number of thioether (sulfide) groups is 1. The maximum atomic E-state index is 12.2. The number of hydrogen-bond acceptors (Lipinski definition) is 5. The van der Waals surface area contributed by atoms with Gasteiger partial charge < -0.3 is 14.6 Å². The topological polar surface area (TPSA) is 69.0 Å². The second kappa shape index (κ2) is 9.41. The summed E-state index contributed by atoms with van der Waals surface area (Å²) in [6.45, 7) is 6.70. The second-order valence-electron chi connectivity index (χ2n) is 6.31. The van der Waals surface area contributed by atoms with Crippen LogP contribution < -0.4 is 10.1 Å². The Hall–Kier alpha value is -2.80. The number of ether oxygens (including phenoxy) is 1. The molecule has 1 amide bonds. The van der Waals surface area contributed by atoms with Gasteiger partial charge in [0.25, 0.3) is 0 Å². The lowest BCUT2D eigenvalue weighted by atomic mass is 10.2. The van der Waals surface area contributed by atoms with Crippen molar-refractivity contribution >= 4 is 23.4 Å². The number of amides is 1. The van der Waals surface area contributed by atoms with Crippen molar-refractivity contribution in [3.8, 4) is 5.75 Å². The molecule has 1 unspecified atom stereocenters. The van der Waals surface area contributed by atoms with Gasteiger partial charge in [0.1, 0.15) is 5.75 Å². The van der Waals surface area contributed by atoms with Gasteiger partial charge in [-0.3, -0.25) is 4.79 Å². The maximum absolute atomic E-state index is 12.2. The normalized spacial score (nSPS) is 11.8. The van der Waals surface area contributed by atoms with Gasteiger partial charge in [-0.15, -0.1) is 10.2 Å². The predicted molar refractivity (Wildman–Crippen MR) is 112 cm³/mol. The van der Waals surface area contributed by atoms with Crippen molar-refractivity contribution in [3.05, 3.63) is 66.0 Å². The summed E-state index contributed by atoms with van der Waals surface area (Å²) in [7, 11) is 0. The van der Waals surface area contributed by atoms with Gasteiger partial charge in [-0.05, 0) is 44.5 Å². The highest BCUT2D eigenvalue weighted by Gasteiger charge is 2.20. The molecular formula is C21H24N4O2S. The predicted octanol–water partition coefficient (Wildman–Crippen LogP) is 4.48. The number of anilines is 1. The number of para-hydroxylation sites is 2. The Balaban J connectivity index is 1.64. The molecule has 3 rings (SSSR count). The van der Waals surface area contributed by atoms with Crippen molar-refractivity contribution in [3.63, 3.8) is 0 Å². The van der Waals surface area contributed by atoms with Gasteiger partial charge in [-0.25, -0.2) is 0 Å². The van der Waals surface area contributed by atoms with E-state index in [1.165, 1.54) is 11.8 Å². The molecule has 1 N–H and O–H groups in total. The Morgan fingerprint density at radius 3 is 2.57 bits per heavy atom. The molecule has 1 heterocycles. The molecule has 0 bridgehead atoms. The fourth-order valence-corrected chi connectivity index (χ4v) is 3.59. The molecule has 1 atom stereocenters. The summed E-state index contributed by atoms with van der Waals surface area (Å²) in [5, 5.41) is 12.2. The lowest BCUT2D eigenvalue weighted by Gasteiger charge is -2.17. The van der Waals surface area contributed by atoms with Crippen LogP contribution in [-0.2, 0) is 11.3 Å². The van der Waals surface area contributed by atoms with Crippen LogP contribution in [0.15, 0.2) is 59.8 Å². The highest BCUT2D eigenvalue weighted by molar-refractivity contribution is 7.99. The summed E-state index contributed by atoms with van der Waals surface area (Å²) >= 11 is 1.37. The molecule has 2 aromatic carbocycles. The van der Waals surface area contributed by atoms with Gasteiger partial charge in [0.05, 0.1) is 5.75 Å². The molecule has 0 aliphatic rings. The van der Waals surface area contributed by atoms with E-state index < -0.39 is 0 Å². The van der Waals surface area contributed by atoms with Gasteiger partial charge in [0.15, 0.2) is 17.1 Å². The second-order valence-corrected chi connectivity index (χ2v) is 7.26. The number of benzene rings is 2. The first-order valence-electron chi connectivity index (χ1n) is 9.21. The lowest BCUT2D eigenvalue weighted by molar-refractivity contribution is -0.113. The number of aryl methyl sites for hydroxylation is 1. The quantitative estimate of drug-likeness (QED) is 0.569. The zero-order chi connectivity index (χ0) is 19.9. The zero-order valence-electron chi connectivity index (χ0n) is 16.3. The molecule has 0 aliphatic carbocycles. The number of nitrogens with one attached hydrogen (secondary N) is 1. The van der Waals surface area contributed by atoms with Crippen LogP contribution in [0.4, 0.5) is 5.69 Å². The highest BCUT2D eigenvalue weighted by Crippen LogP contribution is 2.26. The molecule has 146 valence electrons. The van der Waals surface area contributed by atoms with E-state index in [-0.39, 0.29) is 17.8 Å². The first-order chi connectivity index (χ1) is 13.6. The number of nitrogens with zero attached hydrogens (tertiary/aromatic N) is 3. The highest BCUT2D eigenvalue weighted by atomic mass is 32.2. The minimum atomic E-state index is -0.249. The van der Waals surface area contributed by atoms with Crippen LogP contribution in [0.2, 0.25) is 0 Å². The fraction of sp³-hybridized carbons (Fsp3) is 0.286. The van der Waals surface area contributed by atoms with Gasteiger partial charge in [0.2, 0.25) is 5.91 Å². The van der Waals surface area contributed by atoms with Crippen molar-refractivity contribution in [2.75, 3.05) is 11.1 Å². The van der Waals surface area contributed by atoms with Crippen LogP contribution in [-0.4, -0.2) is 26.4 Å². The Morgan fingerprint density at radius 1 is 1.14 bits per heavy atom. The van der Waals surface area contributed by atoms with E-state index in [4.69, 9.17) is 4.74 Å². The average Bonchev–Trinajstić information content (AvgIpc) is 3.12. The van der Waals surface area contributed by atoms with Crippen molar-refractivity contribution in [1.29, 1.82) is 0 Å². The standard InChI is InChI=1S/C21H24N4O2S/c1-4-25-20(16(3)27-18-13-9-8-10-15(18)2)23-24-21(25)28-14-19(26)22-17-11-6-5-7-12-17/h5-13,16H,4,14H2,1-3H3,(H,22,26). The molecule has 0 spiro atoms. The van der Waals surface area contributed by atoms with Crippen molar-refractivity contribution in [2.24, 2.45) is 0 Å². The van der Waals surface area contributed by atoms with Gasteiger partial charge in [-0.1, -0.05) is 48.2 Å². The van der Waals surface area contributed by atoms with E-state index in [1.54, 1.807) is 0 Å². The first-order valence-corrected chi connectivity index (χ1v) is 10.2. The number of rotatable bonds is 8. The molecule has 3 aromatic rings. The summed E-state index contributed by atoms with van der Waals surface area (Å²) in [5.41, 5.74) is 1.86. The minimum Gasteiger partial charge on any atom is -0.482 e. The summed E-state index contributed by atoms with van der Waals surface area (Å²) in [4.78, 5) is 12.2. The van der Waals surface area contributed by atoms with Crippen LogP contribution in [0, 0.1) is 6.92 Å². The fourth-order valence-electron chi connectivity index (χ4n) is 2.79. The average molecular weight is 397 g/mol. The lowest BCUT2D eigenvalue weighted by Crippen LogP contribution is -2.15. The van der Waals surface area contributed by atoms with Crippen molar-refractivity contribution in [1.82, 2.24) is 14.8 Å². The van der Waals surface area contributed by atoms with Crippen LogP contribution in [0.1, 0.15) is 31.3 Å². The Bertz CT molecular complexity index is 927. The van der Waals surface area contributed by atoms with Gasteiger partial charge in [0, 0.05) is 12.2 Å². The van der Waals surface area contributed by atoms with Crippen LogP contribution in [0.5, 0.6) is 5.75 Å². The van der Waals surface area contributed by atoms with Crippen molar-refractivity contribution < 1.29 is 9.53 Å². The van der Waals surface area contributed by atoms with E-state index >= 15 is 0 Å². The Morgan fingerprint density at radius 2 is 1.86 bits per heavy atom. The smallest absolute Gasteiger partial charge is 0.234 e. The first kappa shape index (κ1) is 19.9. The monoisotopic (exact) mass is 396 g/mol. The molecule has 1 aromatic heterocycles. The summed E-state index contributed by atoms with van der Waals surface area (Å²) in [6, 6.07) is 17.3. The summed E-state index contributed by atoms with van der Waals surface area (Å²) < 4.78 is 8.07. The van der Waals surface area contributed by atoms with E-state index in [2.05, 4.69) is 15.5 Å². The SMILES string of the molecule is CCn1c(SCC(=O)Nc2ccccc2)nnc1C(C)Oc1ccccc1C. The molecule has 7 heteroatoms. The van der Waals surface area contributed by atoms with E-state index in [1.807, 2.05) is 79.9 Å². The third-order valence-electron chi connectivity index (χ3n) is 4.21. The third kappa shape index (κ3) is 4.92. The molecule has 0 saturated heterocycles. The molecule has 6 nitrogen and oxygen atoms in total. The van der Waals surface area contributed by atoms with Crippen LogP contribution in [0.3, 0.4) is 0 Å². The molecule has 0 fully saturated rings. The number of carbonyl (C=O) groups is 1. The summed E-state index contributed by atoms with van der Waals surface area (Å²) in [6.07, 6.45) is -0.249. The molecule has 28 heavy (non-hydrogen) atoms. The maximum Gasteiger partial charge on any atom is 0.234 e. The molecule has 0 aliphatic heterocycles. The molecule has 0 radical (unpaired) electrons. The van der Waals surface area contributed by atoms with Crippen molar-refractivity contribution in [2.45, 2.75) is 38.6 Å². The van der Waals surface area contributed by atoms with Crippen LogP contribution >= 0.6 is 11.8 Å². The van der Waals surface area contributed by atoms with E-state index in [0.717, 1.165) is 22.8 Å². The number of aromatic nitrogens is 3. The molecule has 0 saturated carbocycles. The third-order valence-corrected chi connectivity index (χ3v) is 5.18. The van der Waals surface area contributed by atoms with E-state index in [9.17, 15) is 4.79 Å². The summed E-state index contributed by atoms with van der Waals surface area (Å²) in [5.74, 6) is 1.77. The van der Waals surface area contributed by atoms with E-state index in [0.29, 0.717) is 11.7 Å². The largest absolute Gasteiger partial charge is 0.482 e. The zero-order valence-corrected chi connectivity index (χ0v) is 17.1. The number of carbonyl (C=O) groups excluding carboxylic acids is 1. The number of hydrogen-bond donors (Lipinski definition) is 1. The van der Waals surface area contributed by atoms with Crippen LogP contribution in [0.25, 0.3) is 0 Å². The van der Waals surface area contributed by atoms with Gasteiger partial charge >= 0.3 is 0 Å².